The molecule has 4 rings (SSSR count). The molecule has 0 saturated carbocycles. The Balaban J connectivity index is 1.64. The largest absolute Gasteiger partial charge is 0.449 e. The third-order valence-electron chi connectivity index (χ3n) is 4.32. The molecule has 6 heteroatoms. The van der Waals surface area contributed by atoms with E-state index in [4.69, 9.17) is 13.9 Å². The van der Waals surface area contributed by atoms with E-state index in [2.05, 4.69) is 4.98 Å². The van der Waals surface area contributed by atoms with Gasteiger partial charge in [0.15, 0.2) is 11.3 Å². The second kappa shape index (κ2) is 5.37. The first kappa shape index (κ1) is 13.7. The molecule has 2 saturated heterocycles. The molecule has 2 aromatic heterocycles. The van der Waals surface area contributed by atoms with E-state index in [-0.39, 0.29) is 18.1 Å². The van der Waals surface area contributed by atoms with E-state index >= 15 is 0 Å². The van der Waals surface area contributed by atoms with Crippen LogP contribution in [0.4, 0.5) is 0 Å². The molecular formula is C16H18N2O4. The number of hydrogen-bond donors (Lipinski definition) is 0. The van der Waals surface area contributed by atoms with Crippen molar-refractivity contribution in [2.24, 2.45) is 0 Å². The normalized spacial score (nSPS) is 25.2. The summed E-state index contributed by atoms with van der Waals surface area (Å²) >= 11 is 0. The molecule has 116 valence electrons. The number of ether oxygens (including phenoxy) is 2. The molecule has 4 heterocycles. The van der Waals surface area contributed by atoms with Gasteiger partial charge < -0.3 is 18.8 Å². The van der Waals surface area contributed by atoms with Crippen molar-refractivity contribution in [2.75, 3.05) is 26.4 Å². The average Bonchev–Trinajstić information content (AvgIpc) is 2.96. The Kier molecular flexibility index (Phi) is 3.35. The van der Waals surface area contributed by atoms with Crippen LogP contribution in [-0.2, 0) is 9.47 Å². The quantitative estimate of drug-likeness (QED) is 0.803. The summed E-state index contributed by atoms with van der Waals surface area (Å²) in [5.74, 6) is 0.260. The number of rotatable bonds is 1. The summed E-state index contributed by atoms with van der Waals surface area (Å²) < 4.78 is 16.8. The Morgan fingerprint density at radius 2 is 2.27 bits per heavy atom. The van der Waals surface area contributed by atoms with Gasteiger partial charge in [0.1, 0.15) is 11.6 Å². The Bertz CT molecular complexity index is 709. The maximum Gasteiger partial charge on any atom is 0.290 e. The first-order valence-electron chi connectivity index (χ1n) is 7.60. The van der Waals surface area contributed by atoms with Crippen LogP contribution >= 0.6 is 0 Å². The van der Waals surface area contributed by atoms with Gasteiger partial charge in [-0.05, 0) is 25.5 Å². The molecule has 2 aromatic rings. The standard InChI is InChI=1S/C16H18N2O4/c1-10-2-3-13-11(17-10)8-14(22-13)16(19)18-5-7-21-15-9-20-6-4-12(15)18/h2-3,8,12,15H,4-7,9H2,1H3/t12-,15+/m0/s1. The number of aromatic nitrogens is 1. The highest BCUT2D eigenvalue weighted by Gasteiger charge is 2.38. The highest BCUT2D eigenvalue weighted by Crippen LogP contribution is 2.25. The predicted molar refractivity (Wildman–Crippen MR) is 78.7 cm³/mol. The lowest BCUT2D eigenvalue weighted by Crippen LogP contribution is -2.57. The molecule has 0 aliphatic carbocycles. The topological polar surface area (TPSA) is 64.8 Å². The van der Waals surface area contributed by atoms with Crippen LogP contribution in [0.3, 0.4) is 0 Å². The molecule has 0 spiro atoms. The lowest BCUT2D eigenvalue weighted by Gasteiger charge is -2.43. The zero-order valence-corrected chi connectivity index (χ0v) is 12.4. The van der Waals surface area contributed by atoms with Gasteiger partial charge in [-0.1, -0.05) is 0 Å². The van der Waals surface area contributed by atoms with E-state index in [1.54, 1.807) is 6.07 Å². The number of amides is 1. The summed E-state index contributed by atoms with van der Waals surface area (Å²) in [4.78, 5) is 19.1. The van der Waals surface area contributed by atoms with Crippen molar-refractivity contribution >= 4 is 17.0 Å². The van der Waals surface area contributed by atoms with Crippen LogP contribution in [-0.4, -0.2) is 54.3 Å². The smallest absolute Gasteiger partial charge is 0.290 e. The number of hydrogen-bond acceptors (Lipinski definition) is 5. The molecule has 0 radical (unpaired) electrons. The summed E-state index contributed by atoms with van der Waals surface area (Å²) in [5, 5.41) is 0. The Labute approximate surface area is 128 Å². The summed E-state index contributed by atoms with van der Waals surface area (Å²) in [6, 6.07) is 5.53. The van der Waals surface area contributed by atoms with Crippen molar-refractivity contribution in [3.63, 3.8) is 0 Å². The Morgan fingerprint density at radius 3 is 3.18 bits per heavy atom. The van der Waals surface area contributed by atoms with E-state index in [0.717, 1.165) is 17.6 Å². The number of carbonyl (C=O) groups excluding carboxylic acids is 1. The molecule has 2 fully saturated rings. The number of nitrogens with zero attached hydrogens (tertiary/aromatic N) is 2. The van der Waals surface area contributed by atoms with E-state index in [1.807, 2.05) is 24.0 Å². The van der Waals surface area contributed by atoms with Crippen LogP contribution in [0.5, 0.6) is 0 Å². The third kappa shape index (κ3) is 2.28. The summed E-state index contributed by atoms with van der Waals surface area (Å²) in [5.41, 5.74) is 2.27. The van der Waals surface area contributed by atoms with Crippen molar-refractivity contribution in [3.8, 4) is 0 Å². The maximum atomic E-state index is 12.8. The average molecular weight is 302 g/mol. The molecule has 2 aliphatic rings. The molecule has 22 heavy (non-hydrogen) atoms. The van der Waals surface area contributed by atoms with Crippen molar-refractivity contribution in [1.82, 2.24) is 9.88 Å². The van der Waals surface area contributed by atoms with Crippen molar-refractivity contribution in [3.05, 3.63) is 29.7 Å². The van der Waals surface area contributed by atoms with Crippen LogP contribution in [0, 0.1) is 6.92 Å². The summed E-state index contributed by atoms with van der Waals surface area (Å²) in [7, 11) is 0. The summed E-state index contributed by atoms with van der Waals surface area (Å²) in [6.45, 7) is 4.25. The molecule has 0 bridgehead atoms. The van der Waals surface area contributed by atoms with Gasteiger partial charge in [0.25, 0.3) is 5.91 Å². The number of aryl methyl sites for hydroxylation is 1. The number of pyridine rings is 1. The van der Waals surface area contributed by atoms with Crippen LogP contribution in [0.25, 0.3) is 11.1 Å². The number of carbonyl (C=O) groups is 1. The SMILES string of the molecule is Cc1ccc2oc(C(=O)N3CCO[C@@H]4COCC[C@@H]43)cc2n1. The molecule has 2 atom stereocenters. The second-order valence-electron chi connectivity index (χ2n) is 5.79. The lowest BCUT2D eigenvalue weighted by atomic mass is 10.0. The van der Waals surface area contributed by atoms with Crippen LogP contribution in [0.1, 0.15) is 22.7 Å². The molecule has 2 aliphatic heterocycles. The fourth-order valence-corrected chi connectivity index (χ4v) is 3.21. The minimum atomic E-state index is -0.0872. The molecule has 6 nitrogen and oxygen atoms in total. The fraction of sp³-hybridized carbons (Fsp3) is 0.500. The highest BCUT2D eigenvalue weighted by atomic mass is 16.5. The lowest BCUT2D eigenvalue weighted by molar-refractivity contribution is -0.124. The van der Waals surface area contributed by atoms with Gasteiger partial charge in [0.2, 0.25) is 0 Å². The minimum absolute atomic E-state index is 0.0313. The van der Waals surface area contributed by atoms with Gasteiger partial charge in [0, 0.05) is 24.9 Å². The maximum absolute atomic E-state index is 12.8. The van der Waals surface area contributed by atoms with Crippen molar-refractivity contribution < 1.29 is 18.7 Å². The number of morpholine rings is 1. The van der Waals surface area contributed by atoms with Crippen LogP contribution in [0.2, 0.25) is 0 Å². The third-order valence-corrected chi connectivity index (χ3v) is 4.32. The molecule has 0 aromatic carbocycles. The Hall–Kier alpha value is -1.92. The van der Waals surface area contributed by atoms with Crippen molar-refractivity contribution in [1.29, 1.82) is 0 Å². The number of fused-ring (bicyclic) bond motifs is 2. The van der Waals surface area contributed by atoms with Gasteiger partial charge in [-0.2, -0.15) is 0 Å². The zero-order valence-electron chi connectivity index (χ0n) is 12.4. The van der Waals surface area contributed by atoms with Gasteiger partial charge in [-0.15, -0.1) is 0 Å². The molecule has 0 unspecified atom stereocenters. The van der Waals surface area contributed by atoms with Gasteiger partial charge >= 0.3 is 0 Å². The zero-order chi connectivity index (χ0) is 15.1. The highest BCUT2D eigenvalue weighted by molar-refractivity contribution is 5.95. The summed E-state index contributed by atoms with van der Waals surface area (Å²) in [6.07, 6.45) is 0.768. The van der Waals surface area contributed by atoms with Crippen molar-refractivity contribution in [2.45, 2.75) is 25.5 Å². The second-order valence-corrected chi connectivity index (χ2v) is 5.79. The fourth-order valence-electron chi connectivity index (χ4n) is 3.21. The predicted octanol–water partition coefficient (Wildman–Crippen LogP) is 1.77. The van der Waals surface area contributed by atoms with E-state index in [9.17, 15) is 4.79 Å². The van der Waals surface area contributed by atoms with Crippen LogP contribution < -0.4 is 0 Å². The van der Waals surface area contributed by atoms with E-state index in [0.29, 0.717) is 37.7 Å². The van der Waals surface area contributed by atoms with Crippen LogP contribution in [0.15, 0.2) is 22.6 Å². The van der Waals surface area contributed by atoms with Gasteiger partial charge in [0.05, 0.1) is 19.3 Å². The molecule has 0 N–H and O–H groups in total. The molecular weight excluding hydrogens is 284 g/mol. The molecule has 1 amide bonds. The Morgan fingerprint density at radius 1 is 1.36 bits per heavy atom. The van der Waals surface area contributed by atoms with E-state index < -0.39 is 0 Å². The van der Waals surface area contributed by atoms with Gasteiger partial charge in [-0.3, -0.25) is 4.79 Å². The minimum Gasteiger partial charge on any atom is -0.449 e. The number of furan rings is 1. The van der Waals surface area contributed by atoms with Gasteiger partial charge in [-0.25, -0.2) is 4.98 Å². The first-order chi connectivity index (χ1) is 10.7. The van der Waals surface area contributed by atoms with E-state index in [1.165, 1.54) is 0 Å². The monoisotopic (exact) mass is 302 g/mol. The first-order valence-corrected chi connectivity index (χ1v) is 7.60.